The number of hydrogen-bond donors (Lipinski definition) is 2. The van der Waals surface area contributed by atoms with Gasteiger partial charge in [0.1, 0.15) is 11.5 Å². The molecule has 2 N–H and O–H groups in total. The summed E-state index contributed by atoms with van der Waals surface area (Å²) in [5.41, 5.74) is 0.707. The largest absolute Gasteiger partial charge is 0.477 e. The average Bonchev–Trinajstić information content (AvgIpc) is 2.83. The lowest BCUT2D eigenvalue weighted by Crippen LogP contribution is -2.25. The third-order valence-corrected chi connectivity index (χ3v) is 5.79. The Morgan fingerprint density at radius 1 is 0.970 bits per heavy atom. The second-order valence-electron chi connectivity index (χ2n) is 7.53. The first kappa shape index (κ1) is 20.7. The zero-order valence-electron chi connectivity index (χ0n) is 17.3. The summed E-state index contributed by atoms with van der Waals surface area (Å²) in [5.74, 6) is -0.633. The highest BCUT2D eigenvalue weighted by atomic mass is 35.5. The van der Waals surface area contributed by atoms with E-state index in [4.69, 9.17) is 11.6 Å². The lowest BCUT2D eigenvalue weighted by molar-refractivity contribution is 0.0686. The van der Waals surface area contributed by atoms with E-state index in [2.05, 4.69) is 10.3 Å². The van der Waals surface area contributed by atoms with Crippen LogP contribution in [0.25, 0.3) is 27.4 Å². The Hall–Kier alpha value is -4.16. The molecule has 0 atom stereocenters. The van der Waals surface area contributed by atoms with Crippen molar-refractivity contribution >= 4 is 45.1 Å². The van der Waals surface area contributed by atoms with Crippen molar-refractivity contribution in [3.63, 3.8) is 0 Å². The molecule has 33 heavy (non-hydrogen) atoms. The van der Waals surface area contributed by atoms with Crippen LogP contribution in [0.3, 0.4) is 0 Å². The number of hydrogen-bond acceptors (Lipinski definition) is 4. The molecule has 5 rings (SSSR count). The van der Waals surface area contributed by atoms with E-state index in [1.807, 2.05) is 48.5 Å². The van der Waals surface area contributed by atoms with Crippen LogP contribution in [0.4, 0.5) is 5.82 Å². The van der Waals surface area contributed by atoms with E-state index in [9.17, 15) is 14.7 Å². The molecular weight excluding hydrogens is 438 g/mol. The molecule has 6 nitrogen and oxygen atoms in total. The van der Waals surface area contributed by atoms with Crippen molar-refractivity contribution in [1.29, 1.82) is 0 Å². The van der Waals surface area contributed by atoms with E-state index in [1.165, 1.54) is 0 Å². The van der Waals surface area contributed by atoms with Crippen molar-refractivity contribution in [2.45, 2.75) is 6.54 Å². The summed E-state index contributed by atoms with van der Waals surface area (Å²) in [4.78, 5) is 30.3. The molecule has 0 aliphatic carbocycles. The smallest absolute Gasteiger partial charge is 0.353 e. The van der Waals surface area contributed by atoms with Gasteiger partial charge in [-0.1, -0.05) is 54.1 Å². The summed E-state index contributed by atoms with van der Waals surface area (Å²) in [6.07, 6.45) is 1.67. The molecule has 162 valence electrons. The molecule has 2 aromatic heterocycles. The topological polar surface area (TPSA) is 84.2 Å². The Morgan fingerprint density at radius 2 is 1.73 bits per heavy atom. The second kappa shape index (κ2) is 8.41. The quantitative estimate of drug-likeness (QED) is 0.365. The number of benzene rings is 3. The van der Waals surface area contributed by atoms with Gasteiger partial charge in [-0.05, 0) is 41.8 Å². The van der Waals surface area contributed by atoms with Gasteiger partial charge in [0.05, 0.1) is 11.1 Å². The fourth-order valence-electron chi connectivity index (χ4n) is 4.07. The first-order valence-electron chi connectivity index (χ1n) is 10.3. The van der Waals surface area contributed by atoms with Gasteiger partial charge in [-0.3, -0.25) is 4.79 Å². The summed E-state index contributed by atoms with van der Waals surface area (Å²) in [6.45, 7) is -0.00707. The minimum Gasteiger partial charge on any atom is -0.477 e. The molecule has 0 amide bonds. The number of anilines is 1. The number of rotatable bonds is 5. The summed E-state index contributed by atoms with van der Waals surface area (Å²) >= 11 is 6.22. The molecule has 2 heterocycles. The maximum Gasteiger partial charge on any atom is 0.353 e. The van der Waals surface area contributed by atoms with Crippen LogP contribution in [0, 0.1) is 0 Å². The van der Waals surface area contributed by atoms with Gasteiger partial charge in [0.2, 0.25) is 0 Å². The fraction of sp³-hybridized carbons (Fsp3) is 0.0385. The van der Waals surface area contributed by atoms with E-state index in [1.54, 1.807) is 41.1 Å². The van der Waals surface area contributed by atoms with Crippen LogP contribution in [-0.2, 0) is 6.54 Å². The minimum atomic E-state index is -1.21. The van der Waals surface area contributed by atoms with Crippen molar-refractivity contribution in [3.8, 4) is 5.69 Å². The fourth-order valence-corrected chi connectivity index (χ4v) is 4.24. The van der Waals surface area contributed by atoms with Gasteiger partial charge in [-0.25, -0.2) is 9.78 Å². The number of carboxylic acid groups (broad SMARTS) is 1. The van der Waals surface area contributed by atoms with Gasteiger partial charge in [-0.2, -0.15) is 0 Å². The van der Waals surface area contributed by atoms with Crippen LogP contribution in [0.15, 0.2) is 89.9 Å². The molecule has 3 aromatic carbocycles. The Bertz CT molecular complexity index is 1570. The standard InChI is InChI=1S/C26H18ClN3O3/c27-17-10-11-20-22(14-17)30(18-7-2-1-3-8-18)23(26(32)33)21(24(20)31)15-29-25-19-9-5-4-6-16(19)12-13-28-25/h1-14H,15H2,(H,28,29)(H,32,33). The van der Waals surface area contributed by atoms with E-state index < -0.39 is 5.97 Å². The number of nitrogens with zero attached hydrogens (tertiary/aromatic N) is 2. The van der Waals surface area contributed by atoms with Crippen LogP contribution < -0.4 is 10.7 Å². The predicted molar refractivity (Wildman–Crippen MR) is 131 cm³/mol. The SMILES string of the molecule is O=C(O)c1c(CNc2nccc3ccccc23)c(=O)c2ccc(Cl)cc2n1-c1ccccc1. The van der Waals surface area contributed by atoms with Crippen molar-refractivity contribution in [1.82, 2.24) is 9.55 Å². The summed E-state index contributed by atoms with van der Waals surface area (Å²) < 4.78 is 1.57. The highest BCUT2D eigenvalue weighted by Crippen LogP contribution is 2.26. The van der Waals surface area contributed by atoms with Crippen LogP contribution in [0.5, 0.6) is 0 Å². The van der Waals surface area contributed by atoms with Crippen molar-refractivity contribution < 1.29 is 9.90 Å². The summed E-state index contributed by atoms with van der Waals surface area (Å²) in [7, 11) is 0. The van der Waals surface area contributed by atoms with Crippen molar-refractivity contribution in [2.75, 3.05) is 5.32 Å². The molecule has 0 aliphatic rings. The Labute approximate surface area is 193 Å². The normalized spacial score (nSPS) is 11.1. The van der Waals surface area contributed by atoms with Gasteiger partial charge in [0, 0.05) is 34.2 Å². The van der Waals surface area contributed by atoms with E-state index in [-0.39, 0.29) is 23.2 Å². The minimum absolute atomic E-state index is 0.00707. The van der Waals surface area contributed by atoms with Gasteiger partial charge < -0.3 is 15.0 Å². The molecular formula is C26H18ClN3O3. The lowest BCUT2D eigenvalue weighted by atomic mass is 10.1. The number of carboxylic acids is 1. The number of para-hydroxylation sites is 1. The van der Waals surface area contributed by atoms with Crippen LogP contribution in [0.2, 0.25) is 5.02 Å². The Morgan fingerprint density at radius 3 is 2.52 bits per heavy atom. The van der Waals surface area contributed by atoms with E-state index in [0.717, 1.165) is 10.8 Å². The Balaban J connectivity index is 1.74. The monoisotopic (exact) mass is 455 g/mol. The first-order valence-corrected chi connectivity index (χ1v) is 10.7. The lowest BCUT2D eigenvalue weighted by Gasteiger charge is -2.19. The van der Waals surface area contributed by atoms with Gasteiger partial charge in [-0.15, -0.1) is 0 Å². The maximum absolute atomic E-state index is 13.5. The number of halogens is 1. The first-order chi connectivity index (χ1) is 16.0. The average molecular weight is 456 g/mol. The molecule has 5 aromatic rings. The number of pyridine rings is 2. The maximum atomic E-state index is 13.5. The van der Waals surface area contributed by atoms with Crippen LogP contribution in [0.1, 0.15) is 16.1 Å². The molecule has 7 heteroatoms. The third-order valence-electron chi connectivity index (χ3n) is 5.55. The van der Waals surface area contributed by atoms with E-state index in [0.29, 0.717) is 27.4 Å². The van der Waals surface area contributed by atoms with Gasteiger partial charge >= 0.3 is 5.97 Å². The van der Waals surface area contributed by atoms with Crippen LogP contribution in [-0.4, -0.2) is 20.6 Å². The van der Waals surface area contributed by atoms with Gasteiger partial charge in [0.15, 0.2) is 5.43 Å². The number of carbonyl (C=O) groups is 1. The number of aromatic nitrogens is 2. The molecule has 0 saturated carbocycles. The number of fused-ring (bicyclic) bond motifs is 2. The van der Waals surface area contributed by atoms with Crippen LogP contribution >= 0.6 is 11.6 Å². The predicted octanol–water partition coefficient (Wildman–Crippen LogP) is 5.50. The number of nitrogens with one attached hydrogen (secondary N) is 1. The third kappa shape index (κ3) is 3.70. The highest BCUT2D eigenvalue weighted by molar-refractivity contribution is 6.31. The Kier molecular flexibility index (Phi) is 5.28. The summed E-state index contributed by atoms with van der Waals surface area (Å²) in [5, 5.41) is 16.0. The zero-order valence-corrected chi connectivity index (χ0v) is 18.1. The van der Waals surface area contributed by atoms with E-state index >= 15 is 0 Å². The number of aromatic carboxylic acids is 1. The molecule has 0 fully saturated rings. The second-order valence-corrected chi connectivity index (χ2v) is 7.96. The molecule has 0 saturated heterocycles. The van der Waals surface area contributed by atoms with Gasteiger partial charge in [0.25, 0.3) is 0 Å². The molecule has 0 radical (unpaired) electrons. The molecule has 0 aliphatic heterocycles. The summed E-state index contributed by atoms with van der Waals surface area (Å²) in [6, 6.07) is 23.5. The molecule has 0 bridgehead atoms. The zero-order chi connectivity index (χ0) is 22.9. The molecule has 0 unspecified atom stereocenters. The highest BCUT2D eigenvalue weighted by Gasteiger charge is 2.23. The molecule has 0 spiro atoms. The van der Waals surface area contributed by atoms with Crippen molar-refractivity contribution in [3.05, 3.63) is 112 Å². The van der Waals surface area contributed by atoms with Crippen molar-refractivity contribution in [2.24, 2.45) is 0 Å².